The SMILES string of the molecule is O=C(Nc1ccccc1)/C(=C/c1ccccc1)NC(=O)c1ccco1. The number of anilines is 1. The van der Waals surface area contributed by atoms with Crippen molar-refractivity contribution in [2.45, 2.75) is 0 Å². The molecule has 0 atom stereocenters. The number of amides is 2. The first-order valence-electron chi connectivity index (χ1n) is 7.70. The van der Waals surface area contributed by atoms with Crippen molar-refractivity contribution in [1.29, 1.82) is 0 Å². The Morgan fingerprint density at radius 2 is 1.52 bits per heavy atom. The lowest BCUT2D eigenvalue weighted by Crippen LogP contribution is -2.30. The fourth-order valence-electron chi connectivity index (χ4n) is 2.19. The van der Waals surface area contributed by atoms with E-state index in [-0.39, 0.29) is 11.5 Å². The summed E-state index contributed by atoms with van der Waals surface area (Å²) in [5.41, 5.74) is 1.55. The van der Waals surface area contributed by atoms with E-state index in [0.717, 1.165) is 5.56 Å². The first kappa shape index (κ1) is 16.3. The molecule has 1 aromatic heterocycles. The molecule has 1 heterocycles. The summed E-state index contributed by atoms with van der Waals surface area (Å²) < 4.78 is 5.07. The van der Waals surface area contributed by atoms with Gasteiger partial charge in [-0.3, -0.25) is 9.59 Å². The Labute approximate surface area is 145 Å². The van der Waals surface area contributed by atoms with Gasteiger partial charge < -0.3 is 15.1 Å². The first-order valence-corrected chi connectivity index (χ1v) is 7.70. The molecule has 0 radical (unpaired) electrons. The number of carbonyl (C=O) groups excluding carboxylic acids is 2. The molecule has 2 amide bonds. The third-order valence-electron chi connectivity index (χ3n) is 3.38. The second-order valence-corrected chi connectivity index (χ2v) is 5.22. The zero-order chi connectivity index (χ0) is 17.5. The highest BCUT2D eigenvalue weighted by Crippen LogP contribution is 2.11. The molecule has 0 fully saturated rings. The molecular formula is C20H16N2O3. The smallest absolute Gasteiger partial charge is 0.291 e. The fraction of sp³-hybridized carbons (Fsp3) is 0. The second kappa shape index (κ2) is 7.79. The van der Waals surface area contributed by atoms with E-state index in [1.165, 1.54) is 12.3 Å². The summed E-state index contributed by atoms with van der Waals surface area (Å²) in [6.45, 7) is 0. The number of furan rings is 1. The van der Waals surface area contributed by atoms with Gasteiger partial charge in [-0.15, -0.1) is 0 Å². The van der Waals surface area contributed by atoms with Crippen LogP contribution in [-0.2, 0) is 4.79 Å². The van der Waals surface area contributed by atoms with Gasteiger partial charge in [-0.1, -0.05) is 48.5 Å². The van der Waals surface area contributed by atoms with Gasteiger partial charge in [-0.05, 0) is 35.9 Å². The molecule has 0 aliphatic carbocycles. The standard InChI is InChI=1S/C20H16N2O3/c23-19(21-16-10-5-2-6-11-16)17(14-15-8-3-1-4-9-15)22-20(24)18-12-7-13-25-18/h1-14H,(H,21,23)(H,22,24)/b17-14-. The fourth-order valence-corrected chi connectivity index (χ4v) is 2.19. The number of nitrogens with one attached hydrogen (secondary N) is 2. The van der Waals surface area contributed by atoms with Gasteiger partial charge in [0.15, 0.2) is 5.76 Å². The zero-order valence-electron chi connectivity index (χ0n) is 13.3. The first-order chi connectivity index (χ1) is 12.2. The normalized spacial score (nSPS) is 11.0. The Morgan fingerprint density at radius 1 is 0.840 bits per heavy atom. The molecule has 0 bridgehead atoms. The maximum absolute atomic E-state index is 12.6. The maximum Gasteiger partial charge on any atom is 0.291 e. The van der Waals surface area contributed by atoms with Crippen molar-refractivity contribution >= 4 is 23.6 Å². The van der Waals surface area contributed by atoms with Gasteiger partial charge in [0.2, 0.25) is 0 Å². The number of para-hydroxylation sites is 1. The highest BCUT2D eigenvalue weighted by atomic mass is 16.3. The van der Waals surface area contributed by atoms with E-state index >= 15 is 0 Å². The van der Waals surface area contributed by atoms with E-state index in [1.807, 2.05) is 48.5 Å². The molecule has 5 nitrogen and oxygen atoms in total. The van der Waals surface area contributed by atoms with Crippen LogP contribution in [0.1, 0.15) is 16.1 Å². The van der Waals surface area contributed by atoms with Gasteiger partial charge in [-0.25, -0.2) is 0 Å². The van der Waals surface area contributed by atoms with Crippen molar-refractivity contribution in [3.8, 4) is 0 Å². The third-order valence-corrected chi connectivity index (χ3v) is 3.38. The van der Waals surface area contributed by atoms with Crippen LogP contribution in [0.5, 0.6) is 0 Å². The Bertz CT molecular complexity index is 870. The Kier molecular flexibility index (Phi) is 5.07. The van der Waals surface area contributed by atoms with Crippen LogP contribution in [0.25, 0.3) is 6.08 Å². The summed E-state index contributed by atoms with van der Waals surface area (Å²) in [6.07, 6.45) is 3.01. The van der Waals surface area contributed by atoms with Crippen molar-refractivity contribution in [1.82, 2.24) is 5.32 Å². The van der Waals surface area contributed by atoms with Crippen LogP contribution in [0.15, 0.2) is 89.2 Å². The van der Waals surface area contributed by atoms with Gasteiger partial charge in [0.25, 0.3) is 11.8 Å². The monoisotopic (exact) mass is 332 g/mol. The van der Waals surface area contributed by atoms with Crippen LogP contribution >= 0.6 is 0 Å². The Hall–Kier alpha value is -3.60. The maximum atomic E-state index is 12.6. The van der Waals surface area contributed by atoms with Crippen molar-refractivity contribution in [3.63, 3.8) is 0 Å². The predicted octanol–water partition coefficient (Wildman–Crippen LogP) is 3.69. The third kappa shape index (κ3) is 4.45. The largest absolute Gasteiger partial charge is 0.459 e. The number of hydrogen-bond acceptors (Lipinski definition) is 3. The van der Waals surface area contributed by atoms with Gasteiger partial charge in [0.05, 0.1) is 6.26 Å². The molecule has 2 N–H and O–H groups in total. The molecule has 0 spiro atoms. The summed E-state index contributed by atoms with van der Waals surface area (Å²) in [4.78, 5) is 24.8. The second-order valence-electron chi connectivity index (χ2n) is 5.22. The van der Waals surface area contributed by atoms with Gasteiger partial charge in [0.1, 0.15) is 5.70 Å². The number of benzene rings is 2. The van der Waals surface area contributed by atoms with Crippen LogP contribution < -0.4 is 10.6 Å². The summed E-state index contributed by atoms with van der Waals surface area (Å²) >= 11 is 0. The topological polar surface area (TPSA) is 71.3 Å². The minimum Gasteiger partial charge on any atom is -0.459 e. The molecule has 3 aromatic rings. The van der Waals surface area contributed by atoms with Crippen molar-refractivity contribution in [2.24, 2.45) is 0 Å². The molecule has 5 heteroatoms. The molecule has 0 saturated carbocycles. The molecule has 0 aliphatic rings. The summed E-state index contributed by atoms with van der Waals surface area (Å²) in [5.74, 6) is -0.781. The molecule has 2 aromatic carbocycles. The van der Waals surface area contributed by atoms with Crippen LogP contribution in [-0.4, -0.2) is 11.8 Å². The summed E-state index contributed by atoms with van der Waals surface area (Å²) in [7, 11) is 0. The van der Waals surface area contributed by atoms with Crippen molar-refractivity contribution in [3.05, 3.63) is 96.1 Å². The minimum absolute atomic E-state index is 0.122. The number of rotatable bonds is 5. The van der Waals surface area contributed by atoms with Crippen LogP contribution in [0, 0.1) is 0 Å². The van der Waals surface area contributed by atoms with Gasteiger partial charge in [-0.2, -0.15) is 0 Å². The summed E-state index contributed by atoms with van der Waals surface area (Å²) in [5, 5.41) is 5.36. The lowest BCUT2D eigenvalue weighted by molar-refractivity contribution is -0.113. The van der Waals surface area contributed by atoms with Gasteiger partial charge >= 0.3 is 0 Å². The highest BCUT2D eigenvalue weighted by Gasteiger charge is 2.16. The average Bonchev–Trinajstić information content (AvgIpc) is 3.18. The highest BCUT2D eigenvalue weighted by molar-refractivity contribution is 6.10. The molecule has 3 rings (SSSR count). The van der Waals surface area contributed by atoms with E-state index in [9.17, 15) is 9.59 Å². The molecule has 0 unspecified atom stereocenters. The van der Waals surface area contributed by atoms with Crippen LogP contribution in [0.3, 0.4) is 0 Å². The molecule has 25 heavy (non-hydrogen) atoms. The molecular weight excluding hydrogens is 316 g/mol. The van der Waals surface area contributed by atoms with E-state index in [2.05, 4.69) is 10.6 Å². The quantitative estimate of drug-likeness (QED) is 0.700. The van der Waals surface area contributed by atoms with E-state index in [0.29, 0.717) is 5.69 Å². The predicted molar refractivity (Wildman–Crippen MR) is 95.7 cm³/mol. The Balaban J connectivity index is 1.84. The van der Waals surface area contributed by atoms with Crippen molar-refractivity contribution < 1.29 is 14.0 Å². The summed E-state index contributed by atoms with van der Waals surface area (Å²) in [6, 6.07) is 21.4. The van der Waals surface area contributed by atoms with Crippen molar-refractivity contribution in [2.75, 3.05) is 5.32 Å². The average molecular weight is 332 g/mol. The Morgan fingerprint density at radius 3 is 2.16 bits per heavy atom. The zero-order valence-corrected chi connectivity index (χ0v) is 13.3. The van der Waals surface area contributed by atoms with Gasteiger partial charge in [0, 0.05) is 5.69 Å². The van der Waals surface area contributed by atoms with Crippen LogP contribution in [0.4, 0.5) is 5.69 Å². The molecule has 124 valence electrons. The van der Waals surface area contributed by atoms with E-state index < -0.39 is 11.8 Å². The molecule has 0 saturated heterocycles. The number of carbonyl (C=O) groups is 2. The molecule has 0 aliphatic heterocycles. The lowest BCUT2D eigenvalue weighted by Gasteiger charge is -2.10. The minimum atomic E-state index is -0.490. The number of hydrogen-bond donors (Lipinski definition) is 2. The van der Waals surface area contributed by atoms with E-state index in [4.69, 9.17) is 4.42 Å². The van der Waals surface area contributed by atoms with E-state index in [1.54, 1.807) is 24.3 Å². The lowest BCUT2D eigenvalue weighted by atomic mass is 10.2. The van der Waals surface area contributed by atoms with Crippen LogP contribution in [0.2, 0.25) is 0 Å².